The standard InChI is InChI=1S/C21H24N4O3/c1-14-20(26)24(2)18-13-16(7-8-19(18)28-14)23-21(27)22-10-12-25-11-9-15-5-3-4-6-17(15)25/h3-8,13-14H,9-12H2,1-2H3,(H2,22,23,27). The van der Waals surface area contributed by atoms with Crippen LogP contribution in [-0.2, 0) is 11.2 Å². The topological polar surface area (TPSA) is 73.9 Å². The Hall–Kier alpha value is -3.22. The molecule has 0 saturated heterocycles. The molecule has 2 heterocycles. The highest BCUT2D eigenvalue weighted by Gasteiger charge is 2.29. The molecule has 2 aliphatic rings. The molecule has 2 aliphatic heterocycles. The molecule has 0 spiro atoms. The quantitative estimate of drug-likeness (QED) is 0.855. The first kappa shape index (κ1) is 18.2. The molecule has 2 N–H and O–H groups in total. The van der Waals surface area contributed by atoms with Gasteiger partial charge in [0.1, 0.15) is 5.75 Å². The number of benzene rings is 2. The molecule has 28 heavy (non-hydrogen) atoms. The third-order valence-corrected chi connectivity index (χ3v) is 5.21. The highest BCUT2D eigenvalue weighted by atomic mass is 16.5. The Labute approximate surface area is 164 Å². The molecule has 0 saturated carbocycles. The fourth-order valence-electron chi connectivity index (χ4n) is 3.71. The smallest absolute Gasteiger partial charge is 0.319 e. The van der Waals surface area contributed by atoms with Gasteiger partial charge in [0.05, 0.1) is 5.69 Å². The number of nitrogens with one attached hydrogen (secondary N) is 2. The minimum Gasteiger partial charge on any atom is -0.479 e. The molecule has 2 aromatic carbocycles. The molecule has 1 unspecified atom stereocenters. The van der Waals surface area contributed by atoms with Crippen molar-refractivity contribution in [2.24, 2.45) is 0 Å². The molecule has 1 atom stereocenters. The van der Waals surface area contributed by atoms with Crippen molar-refractivity contribution in [3.8, 4) is 5.75 Å². The maximum atomic E-state index is 12.2. The van der Waals surface area contributed by atoms with Crippen LogP contribution in [0.2, 0.25) is 0 Å². The van der Waals surface area contributed by atoms with Gasteiger partial charge in [-0.2, -0.15) is 0 Å². The second kappa shape index (κ2) is 7.42. The number of amides is 3. The van der Waals surface area contributed by atoms with Crippen LogP contribution in [0.25, 0.3) is 0 Å². The van der Waals surface area contributed by atoms with Crippen LogP contribution in [0.3, 0.4) is 0 Å². The number of hydrogen-bond acceptors (Lipinski definition) is 4. The summed E-state index contributed by atoms with van der Waals surface area (Å²) in [6.07, 6.45) is 0.542. The first-order chi connectivity index (χ1) is 13.5. The summed E-state index contributed by atoms with van der Waals surface area (Å²) in [5.74, 6) is 0.522. The van der Waals surface area contributed by atoms with E-state index in [0.717, 1.165) is 19.5 Å². The fourth-order valence-corrected chi connectivity index (χ4v) is 3.71. The Morgan fingerprint density at radius 2 is 2.04 bits per heavy atom. The largest absolute Gasteiger partial charge is 0.479 e. The number of anilines is 3. The van der Waals surface area contributed by atoms with Gasteiger partial charge in [-0.25, -0.2) is 4.79 Å². The van der Waals surface area contributed by atoms with E-state index in [9.17, 15) is 9.59 Å². The average molecular weight is 380 g/mol. The summed E-state index contributed by atoms with van der Waals surface area (Å²) in [6.45, 7) is 4.01. The average Bonchev–Trinajstić information content (AvgIpc) is 3.10. The van der Waals surface area contributed by atoms with Crippen molar-refractivity contribution in [2.45, 2.75) is 19.4 Å². The van der Waals surface area contributed by atoms with Crippen LogP contribution in [0.15, 0.2) is 42.5 Å². The van der Waals surface area contributed by atoms with Crippen LogP contribution in [-0.4, -0.2) is 44.7 Å². The van der Waals surface area contributed by atoms with E-state index < -0.39 is 6.10 Å². The Kier molecular flexibility index (Phi) is 4.81. The Morgan fingerprint density at radius 3 is 2.89 bits per heavy atom. The minimum atomic E-state index is -0.504. The van der Waals surface area contributed by atoms with Gasteiger partial charge in [-0.15, -0.1) is 0 Å². The van der Waals surface area contributed by atoms with Gasteiger partial charge < -0.3 is 25.2 Å². The van der Waals surface area contributed by atoms with Gasteiger partial charge in [0.25, 0.3) is 5.91 Å². The van der Waals surface area contributed by atoms with E-state index in [-0.39, 0.29) is 11.9 Å². The zero-order valence-electron chi connectivity index (χ0n) is 16.1. The molecular formula is C21H24N4O3. The number of nitrogens with zero attached hydrogens (tertiary/aromatic N) is 2. The highest BCUT2D eigenvalue weighted by Crippen LogP contribution is 2.35. The van der Waals surface area contributed by atoms with Crippen LogP contribution < -0.4 is 25.2 Å². The number of carbonyl (C=O) groups excluding carboxylic acids is 2. The molecule has 0 bridgehead atoms. The molecule has 4 rings (SSSR count). The summed E-state index contributed by atoms with van der Waals surface area (Å²) in [6, 6.07) is 13.4. The minimum absolute atomic E-state index is 0.111. The van der Waals surface area contributed by atoms with E-state index in [0.29, 0.717) is 23.7 Å². The van der Waals surface area contributed by atoms with Gasteiger partial charge in [-0.1, -0.05) is 18.2 Å². The van der Waals surface area contributed by atoms with Crippen LogP contribution in [0.1, 0.15) is 12.5 Å². The number of rotatable bonds is 4. The molecule has 146 valence electrons. The summed E-state index contributed by atoms with van der Waals surface area (Å²) in [5, 5.41) is 5.71. The Morgan fingerprint density at radius 1 is 1.21 bits per heavy atom. The summed E-state index contributed by atoms with van der Waals surface area (Å²) >= 11 is 0. The number of fused-ring (bicyclic) bond motifs is 2. The van der Waals surface area contributed by atoms with Gasteiger partial charge in [0.2, 0.25) is 0 Å². The molecule has 0 aliphatic carbocycles. The highest BCUT2D eigenvalue weighted by molar-refractivity contribution is 6.00. The van der Waals surface area contributed by atoms with Crippen molar-refractivity contribution < 1.29 is 14.3 Å². The predicted octanol–water partition coefficient (Wildman–Crippen LogP) is 2.61. The second-order valence-electron chi connectivity index (χ2n) is 7.09. The van der Waals surface area contributed by atoms with E-state index in [2.05, 4.69) is 33.7 Å². The number of likely N-dealkylation sites (N-methyl/N-ethyl adjacent to an activating group) is 1. The van der Waals surface area contributed by atoms with E-state index in [4.69, 9.17) is 4.74 Å². The Bertz CT molecular complexity index is 914. The van der Waals surface area contributed by atoms with Crippen molar-refractivity contribution >= 4 is 29.0 Å². The van der Waals surface area contributed by atoms with E-state index in [1.807, 2.05) is 6.07 Å². The summed E-state index contributed by atoms with van der Waals surface area (Å²) in [7, 11) is 1.71. The maximum absolute atomic E-state index is 12.2. The zero-order valence-corrected chi connectivity index (χ0v) is 16.1. The lowest BCUT2D eigenvalue weighted by Crippen LogP contribution is -2.42. The number of ether oxygens (including phenoxy) is 1. The molecule has 0 aromatic heterocycles. The van der Waals surface area contributed by atoms with E-state index >= 15 is 0 Å². The van der Waals surface area contributed by atoms with Crippen molar-refractivity contribution in [1.29, 1.82) is 0 Å². The van der Waals surface area contributed by atoms with E-state index in [1.54, 1.807) is 37.1 Å². The van der Waals surface area contributed by atoms with E-state index in [1.165, 1.54) is 11.3 Å². The number of carbonyl (C=O) groups is 2. The molecule has 7 nitrogen and oxygen atoms in total. The second-order valence-corrected chi connectivity index (χ2v) is 7.09. The third-order valence-electron chi connectivity index (χ3n) is 5.21. The zero-order chi connectivity index (χ0) is 19.7. The number of urea groups is 1. The Balaban J connectivity index is 1.32. The molecule has 0 radical (unpaired) electrons. The van der Waals surface area contributed by atoms with Gasteiger partial charge in [-0.05, 0) is 43.2 Å². The maximum Gasteiger partial charge on any atom is 0.319 e. The van der Waals surface area contributed by atoms with Crippen molar-refractivity contribution in [3.63, 3.8) is 0 Å². The third kappa shape index (κ3) is 3.47. The first-order valence-corrected chi connectivity index (χ1v) is 9.49. The lowest BCUT2D eigenvalue weighted by Gasteiger charge is -2.30. The molecular weight excluding hydrogens is 356 g/mol. The van der Waals surface area contributed by atoms with Gasteiger partial charge in [0, 0.05) is 38.1 Å². The lowest BCUT2D eigenvalue weighted by atomic mass is 10.2. The normalized spacial score (nSPS) is 17.6. The lowest BCUT2D eigenvalue weighted by molar-refractivity contribution is -0.125. The monoisotopic (exact) mass is 380 g/mol. The SMILES string of the molecule is CC1Oc2ccc(NC(=O)NCCN3CCc4ccccc43)cc2N(C)C1=O. The van der Waals surface area contributed by atoms with Crippen molar-refractivity contribution in [1.82, 2.24) is 5.32 Å². The van der Waals surface area contributed by atoms with Gasteiger partial charge >= 0.3 is 6.03 Å². The number of para-hydroxylation sites is 1. The van der Waals surface area contributed by atoms with Crippen molar-refractivity contribution in [2.75, 3.05) is 41.8 Å². The molecule has 7 heteroatoms. The molecule has 0 fully saturated rings. The first-order valence-electron chi connectivity index (χ1n) is 9.49. The summed E-state index contributed by atoms with van der Waals surface area (Å²) in [5.41, 5.74) is 3.87. The van der Waals surface area contributed by atoms with Crippen LogP contribution >= 0.6 is 0 Å². The van der Waals surface area contributed by atoms with Gasteiger partial charge in [-0.3, -0.25) is 4.79 Å². The predicted molar refractivity (Wildman–Crippen MR) is 109 cm³/mol. The van der Waals surface area contributed by atoms with Gasteiger partial charge in [0.15, 0.2) is 6.10 Å². The fraction of sp³-hybridized carbons (Fsp3) is 0.333. The van der Waals surface area contributed by atoms with Crippen LogP contribution in [0, 0.1) is 0 Å². The summed E-state index contributed by atoms with van der Waals surface area (Å²) in [4.78, 5) is 28.2. The van der Waals surface area contributed by atoms with Crippen LogP contribution in [0.4, 0.5) is 21.9 Å². The molecule has 3 amide bonds. The number of hydrogen-bond donors (Lipinski definition) is 2. The molecule has 2 aromatic rings. The van der Waals surface area contributed by atoms with Crippen molar-refractivity contribution in [3.05, 3.63) is 48.0 Å². The van der Waals surface area contributed by atoms with Crippen LogP contribution in [0.5, 0.6) is 5.75 Å². The summed E-state index contributed by atoms with van der Waals surface area (Å²) < 4.78 is 5.60.